The highest BCUT2D eigenvalue weighted by Crippen LogP contribution is 2.27. The van der Waals surface area contributed by atoms with Gasteiger partial charge in [0, 0.05) is 6.54 Å². The number of nitrogens with two attached hydrogens (primary N) is 1. The number of aromatic nitrogens is 1. The summed E-state index contributed by atoms with van der Waals surface area (Å²) < 4.78 is 11.1. The van der Waals surface area contributed by atoms with Crippen molar-refractivity contribution >= 4 is 11.5 Å². The average molecular weight is 276 g/mol. The maximum atomic E-state index is 8.94. The lowest BCUT2D eigenvalue weighted by Gasteiger charge is -2.31. The van der Waals surface area contributed by atoms with Crippen molar-refractivity contribution in [2.45, 2.75) is 32.5 Å². The van der Waals surface area contributed by atoms with Crippen LogP contribution < -0.4 is 15.4 Å². The van der Waals surface area contributed by atoms with E-state index in [-0.39, 0.29) is 5.60 Å². The summed E-state index contributed by atoms with van der Waals surface area (Å²) >= 11 is 0. The molecule has 108 valence electrons. The van der Waals surface area contributed by atoms with Crippen LogP contribution in [0, 0.1) is 11.3 Å². The Balaban J connectivity index is 2.21. The molecule has 0 bridgehead atoms. The highest BCUT2D eigenvalue weighted by atomic mass is 16.5. The monoisotopic (exact) mass is 276 g/mol. The number of hydrogen-bond donors (Lipinski definition) is 1. The minimum absolute atomic E-state index is 0.361. The molecule has 2 rings (SSSR count). The van der Waals surface area contributed by atoms with Crippen molar-refractivity contribution in [3.05, 3.63) is 12.1 Å². The molecule has 1 aliphatic rings. The number of nitriles is 1. The summed E-state index contributed by atoms with van der Waals surface area (Å²) in [6, 6.07) is 5.74. The molecule has 0 aliphatic carbocycles. The van der Waals surface area contributed by atoms with Gasteiger partial charge in [0.2, 0.25) is 5.88 Å². The molecule has 6 heteroatoms. The van der Waals surface area contributed by atoms with Gasteiger partial charge in [-0.1, -0.05) is 0 Å². The topological polar surface area (TPSA) is 84.4 Å². The van der Waals surface area contributed by atoms with E-state index in [0.717, 1.165) is 5.82 Å². The van der Waals surface area contributed by atoms with Gasteiger partial charge in [0.1, 0.15) is 11.4 Å². The molecule has 2 N–H and O–H groups in total. The predicted molar refractivity (Wildman–Crippen MR) is 76.6 cm³/mol. The van der Waals surface area contributed by atoms with E-state index in [0.29, 0.717) is 31.3 Å². The van der Waals surface area contributed by atoms with E-state index < -0.39 is 6.10 Å². The molecule has 1 atom stereocenters. The molecule has 1 aliphatic heterocycles. The fourth-order valence-electron chi connectivity index (χ4n) is 1.92. The summed E-state index contributed by atoms with van der Waals surface area (Å²) in [5, 5.41) is 8.94. The van der Waals surface area contributed by atoms with Crippen molar-refractivity contribution in [2.24, 2.45) is 0 Å². The van der Waals surface area contributed by atoms with Crippen molar-refractivity contribution < 1.29 is 9.47 Å². The molecule has 1 aromatic heterocycles. The van der Waals surface area contributed by atoms with E-state index in [4.69, 9.17) is 20.5 Å². The largest absolute Gasteiger partial charge is 0.470 e. The summed E-state index contributed by atoms with van der Waals surface area (Å²) in [5.41, 5.74) is 6.04. The van der Waals surface area contributed by atoms with Crippen LogP contribution in [0.5, 0.6) is 5.88 Å². The molecule has 1 unspecified atom stereocenters. The number of ether oxygens (including phenoxy) is 2. The van der Waals surface area contributed by atoms with Crippen LogP contribution in [0.25, 0.3) is 0 Å². The highest BCUT2D eigenvalue weighted by Gasteiger charge is 2.22. The number of rotatable bonds is 2. The number of nitrogens with zero attached hydrogens (tertiary/aromatic N) is 3. The molecule has 0 amide bonds. The smallest absolute Gasteiger partial charge is 0.239 e. The van der Waals surface area contributed by atoms with Gasteiger partial charge >= 0.3 is 0 Å². The molecule has 0 aromatic carbocycles. The molecule has 1 saturated heterocycles. The quantitative estimate of drug-likeness (QED) is 0.882. The molecule has 0 spiro atoms. The minimum atomic E-state index is -0.421. The zero-order valence-electron chi connectivity index (χ0n) is 12.1. The van der Waals surface area contributed by atoms with Crippen LogP contribution in [-0.4, -0.2) is 36.4 Å². The molecule has 6 nitrogen and oxygen atoms in total. The average Bonchev–Trinajstić information content (AvgIpc) is 2.40. The molecule has 20 heavy (non-hydrogen) atoms. The molecular formula is C14H20N4O2. The summed E-state index contributed by atoms with van der Waals surface area (Å²) in [6.07, 6.45) is -0.421. The van der Waals surface area contributed by atoms with E-state index in [2.05, 4.69) is 11.1 Å². The summed E-state index contributed by atoms with van der Waals surface area (Å²) in [6.45, 7) is 7.55. The number of anilines is 2. The Morgan fingerprint density at radius 2 is 2.25 bits per heavy atom. The Labute approximate surface area is 119 Å². The lowest BCUT2D eigenvalue weighted by Crippen LogP contribution is -2.42. The maximum absolute atomic E-state index is 8.94. The van der Waals surface area contributed by atoms with Gasteiger partial charge in [-0.3, -0.25) is 0 Å². The normalized spacial score (nSPS) is 19.5. The number of nitrogen functional groups attached to an aromatic ring is 1. The van der Waals surface area contributed by atoms with Crippen molar-refractivity contribution in [3.63, 3.8) is 0 Å². The van der Waals surface area contributed by atoms with E-state index in [1.165, 1.54) is 0 Å². The van der Waals surface area contributed by atoms with Gasteiger partial charge in [0.15, 0.2) is 6.10 Å². The zero-order valence-corrected chi connectivity index (χ0v) is 12.1. The predicted octanol–water partition coefficient (Wildman–Crippen LogP) is 1.57. The zero-order chi connectivity index (χ0) is 14.8. The number of morpholine rings is 1. The van der Waals surface area contributed by atoms with Gasteiger partial charge in [0.05, 0.1) is 24.9 Å². The SMILES string of the molecule is CC(C)(C)Oc1nc(N2CCOC(C#N)C2)ccc1N. The molecule has 2 heterocycles. The molecule has 1 aromatic rings. The lowest BCUT2D eigenvalue weighted by atomic mass is 10.2. The first-order valence-corrected chi connectivity index (χ1v) is 6.61. The van der Waals surface area contributed by atoms with Crippen molar-refractivity contribution in [1.29, 1.82) is 5.26 Å². The Morgan fingerprint density at radius 3 is 2.90 bits per heavy atom. The van der Waals surface area contributed by atoms with Crippen molar-refractivity contribution in [2.75, 3.05) is 30.3 Å². The van der Waals surface area contributed by atoms with Crippen LogP contribution in [0.2, 0.25) is 0 Å². The third-order valence-electron chi connectivity index (χ3n) is 2.81. The van der Waals surface area contributed by atoms with Gasteiger partial charge in [-0.25, -0.2) is 0 Å². The Kier molecular flexibility index (Phi) is 4.00. The van der Waals surface area contributed by atoms with Gasteiger partial charge in [0.25, 0.3) is 0 Å². The van der Waals surface area contributed by atoms with Crippen LogP contribution in [-0.2, 0) is 4.74 Å². The first kappa shape index (κ1) is 14.4. The number of pyridine rings is 1. The Hall–Kier alpha value is -2.00. The van der Waals surface area contributed by atoms with E-state index in [9.17, 15) is 0 Å². The molecule has 0 saturated carbocycles. The van der Waals surface area contributed by atoms with Crippen LogP contribution in [0.3, 0.4) is 0 Å². The van der Waals surface area contributed by atoms with Gasteiger partial charge in [-0.05, 0) is 32.9 Å². The van der Waals surface area contributed by atoms with E-state index in [1.54, 1.807) is 6.07 Å². The van der Waals surface area contributed by atoms with Crippen LogP contribution in [0.4, 0.5) is 11.5 Å². The van der Waals surface area contributed by atoms with Crippen molar-refractivity contribution in [1.82, 2.24) is 4.98 Å². The second-order valence-electron chi connectivity index (χ2n) is 5.71. The third kappa shape index (κ3) is 3.52. The standard InChI is InChI=1S/C14H20N4O2/c1-14(2,3)20-13-11(16)4-5-12(17-13)18-6-7-19-10(8-15)9-18/h4-5,10H,6-7,9,16H2,1-3H3. The van der Waals surface area contributed by atoms with Gasteiger partial charge in [-0.15, -0.1) is 0 Å². The summed E-state index contributed by atoms with van der Waals surface area (Å²) in [7, 11) is 0. The third-order valence-corrected chi connectivity index (χ3v) is 2.81. The minimum Gasteiger partial charge on any atom is -0.470 e. The Morgan fingerprint density at radius 1 is 1.50 bits per heavy atom. The summed E-state index contributed by atoms with van der Waals surface area (Å²) in [4.78, 5) is 6.47. The second-order valence-corrected chi connectivity index (χ2v) is 5.71. The molecule has 1 fully saturated rings. The van der Waals surface area contributed by atoms with Crippen LogP contribution in [0.15, 0.2) is 12.1 Å². The fourth-order valence-corrected chi connectivity index (χ4v) is 1.92. The van der Waals surface area contributed by atoms with Crippen LogP contribution >= 0.6 is 0 Å². The van der Waals surface area contributed by atoms with Gasteiger partial charge in [-0.2, -0.15) is 10.2 Å². The molecular weight excluding hydrogens is 256 g/mol. The van der Waals surface area contributed by atoms with Gasteiger partial charge < -0.3 is 20.1 Å². The number of hydrogen-bond acceptors (Lipinski definition) is 6. The highest BCUT2D eigenvalue weighted by molar-refractivity contribution is 5.55. The first-order chi connectivity index (χ1) is 9.39. The van der Waals surface area contributed by atoms with E-state index in [1.807, 2.05) is 31.7 Å². The summed E-state index contributed by atoms with van der Waals surface area (Å²) in [5.74, 6) is 1.18. The van der Waals surface area contributed by atoms with Crippen molar-refractivity contribution in [3.8, 4) is 11.9 Å². The first-order valence-electron chi connectivity index (χ1n) is 6.61. The second kappa shape index (κ2) is 5.55. The lowest BCUT2D eigenvalue weighted by molar-refractivity contribution is 0.0759. The fraction of sp³-hybridized carbons (Fsp3) is 0.571. The van der Waals surface area contributed by atoms with Crippen LogP contribution in [0.1, 0.15) is 20.8 Å². The Bertz CT molecular complexity index is 519. The molecule has 0 radical (unpaired) electrons. The maximum Gasteiger partial charge on any atom is 0.239 e. The van der Waals surface area contributed by atoms with E-state index >= 15 is 0 Å².